The molecule has 3 fully saturated rings. The van der Waals surface area contributed by atoms with E-state index in [1.165, 1.54) is 19.3 Å². The average molecular weight is 399 g/mol. The SMILES string of the molecule is Cn1cc(C2CC(Nc3ncnc(N4CCC5(CCNC5)CC4)n3)CCO2)cn1. The van der Waals surface area contributed by atoms with E-state index in [0.717, 1.165) is 57.1 Å². The molecule has 0 amide bonds. The van der Waals surface area contributed by atoms with Crippen molar-refractivity contribution in [3.8, 4) is 0 Å². The summed E-state index contributed by atoms with van der Waals surface area (Å²) in [7, 11) is 1.93. The number of ether oxygens (including phenoxy) is 1. The van der Waals surface area contributed by atoms with Crippen LogP contribution in [0.4, 0.5) is 11.9 Å². The van der Waals surface area contributed by atoms with Gasteiger partial charge in [-0.15, -0.1) is 0 Å². The van der Waals surface area contributed by atoms with Crippen LogP contribution >= 0.6 is 0 Å². The zero-order valence-corrected chi connectivity index (χ0v) is 17.0. The number of rotatable bonds is 4. The standard InChI is InChI=1S/C20H30N8O/c1-27-12-15(11-24-27)17-10-16(2-9-29-17)25-18-22-14-23-19(26-18)28-7-4-20(5-8-28)3-6-21-13-20/h11-12,14,16-17,21H,2-10,13H2,1H3,(H,22,23,25,26). The first-order valence-electron chi connectivity index (χ1n) is 10.7. The molecule has 0 aliphatic carbocycles. The normalized spacial score (nSPS) is 26.7. The van der Waals surface area contributed by atoms with Gasteiger partial charge < -0.3 is 20.3 Å². The van der Waals surface area contributed by atoms with Crippen molar-refractivity contribution < 1.29 is 4.74 Å². The molecule has 3 aliphatic heterocycles. The van der Waals surface area contributed by atoms with Crippen molar-refractivity contribution in [2.24, 2.45) is 12.5 Å². The second kappa shape index (κ2) is 7.87. The van der Waals surface area contributed by atoms with Crippen molar-refractivity contribution in [1.29, 1.82) is 0 Å². The van der Waals surface area contributed by atoms with Crippen molar-refractivity contribution in [1.82, 2.24) is 30.0 Å². The van der Waals surface area contributed by atoms with E-state index in [2.05, 4.69) is 30.6 Å². The first-order chi connectivity index (χ1) is 14.2. The van der Waals surface area contributed by atoms with E-state index in [1.807, 2.05) is 24.1 Å². The molecule has 29 heavy (non-hydrogen) atoms. The molecule has 2 aromatic rings. The van der Waals surface area contributed by atoms with Crippen LogP contribution in [-0.2, 0) is 11.8 Å². The summed E-state index contributed by atoms with van der Waals surface area (Å²) in [6, 6.07) is 0.276. The number of anilines is 2. The van der Waals surface area contributed by atoms with Gasteiger partial charge in [0.05, 0.1) is 12.3 Å². The Labute approximate surface area is 171 Å². The van der Waals surface area contributed by atoms with Crippen LogP contribution in [0, 0.1) is 5.41 Å². The van der Waals surface area contributed by atoms with Crippen LogP contribution in [0.15, 0.2) is 18.7 Å². The fourth-order valence-electron chi connectivity index (χ4n) is 4.86. The molecule has 3 saturated heterocycles. The smallest absolute Gasteiger partial charge is 0.230 e. The third-order valence-corrected chi connectivity index (χ3v) is 6.71. The maximum absolute atomic E-state index is 5.95. The molecule has 2 atom stereocenters. The lowest BCUT2D eigenvalue weighted by Gasteiger charge is -2.38. The molecule has 0 bridgehead atoms. The average Bonchev–Trinajstić information content (AvgIpc) is 3.38. The maximum Gasteiger partial charge on any atom is 0.230 e. The second-order valence-corrected chi connectivity index (χ2v) is 8.70. The van der Waals surface area contributed by atoms with E-state index >= 15 is 0 Å². The monoisotopic (exact) mass is 398 g/mol. The molecule has 0 radical (unpaired) electrons. The van der Waals surface area contributed by atoms with Gasteiger partial charge >= 0.3 is 0 Å². The van der Waals surface area contributed by atoms with Gasteiger partial charge in [0.2, 0.25) is 11.9 Å². The summed E-state index contributed by atoms with van der Waals surface area (Å²) in [5.74, 6) is 1.45. The van der Waals surface area contributed by atoms with E-state index in [-0.39, 0.29) is 12.1 Å². The minimum atomic E-state index is 0.0644. The third-order valence-electron chi connectivity index (χ3n) is 6.71. The van der Waals surface area contributed by atoms with Gasteiger partial charge in [-0.3, -0.25) is 4.68 Å². The molecule has 5 rings (SSSR count). The van der Waals surface area contributed by atoms with Crippen LogP contribution in [0.2, 0.25) is 0 Å². The molecule has 2 aromatic heterocycles. The highest BCUT2D eigenvalue weighted by molar-refractivity contribution is 5.37. The van der Waals surface area contributed by atoms with E-state index in [9.17, 15) is 0 Å². The van der Waals surface area contributed by atoms with Crippen LogP contribution in [0.25, 0.3) is 0 Å². The fraction of sp³-hybridized carbons (Fsp3) is 0.700. The molecular weight excluding hydrogens is 368 g/mol. The fourth-order valence-corrected chi connectivity index (χ4v) is 4.86. The quantitative estimate of drug-likeness (QED) is 0.801. The summed E-state index contributed by atoms with van der Waals surface area (Å²) in [6.45, 7) is 5.08. The van der Waals surface area contributed by atoms with E-state index < -0.39 is 0 Å². The molecular formula is C20H30N8O. The highest BCUT2D eigenvalue weighted by Crippen LogP contribution is 2.37. The summed E-state index contributed by atoms with van der Waals surface area (Å²) < 4.78 is 7.77. The van der Waals surface area contributed by atoms with Gasteiger partial charge in [0.1, 0.15) is 6.33 Å². The Balaban J connectivity index is 1.21. The van der Waals surface area contributed by atoms with Gasteiger partial charge in [0, 0.05) is 51.1 Å². The highest BCUT2D eigenvalue weighted by Gasteiger charge is 2.37. The first kappa shape index (κ1) is 18.7. The number of nitrogens with zero attached hydrogens (tertiary/aromatic N) is 6. The lowest BCUT2D eigenvalue weighted by molar-refractivity contribution is 0.00965. The van der Waals surface area contributed by atoms with Crippen molar-refractivity contribution in [3.63, 3.8) is 0 Å². The Morgan fingerprint density at radius 3 is 2.90 bits per heavy atom. The molecule has 2 unspecified atom stereocenters. The Kier molecular flexibility index (Phi) is 5.09. The molecule has 1 spiro atoms. The third kappa shape index (κ3) is 4.06. The first-order valence-corrected chi connectivity index (χ1v) is 10.7. The van der Waals surface area contributed by atoms with Gasteiger partial charge in [-0.25, -0.2) is 9.97 Å². The number of nitrogens with one attached hydrogen (secondary N) is 2. The van der Waals surface area contributed by atoms with Crippen LogP contribution in [0.3, 0.4) is 0 Å². The molecule has 2 N–H and O–H groups in total. The second-order valence-electron chi connectivity index (χ2n) is 8.70. The molecule has 3 aliphatic rings. The number of hydrogen-bond acceptors (Lipinski definition) is 8. The van der Waals surface area contributed by atoms with Gasteiger partial charge in [0.15, 0.2) is 0 Å². The van der Waals surface area contributed by atoms with Gasteiger partial charge in [0.25, 0.3) is 0 Å². The summed E-state index contributed by atoms with van der Waals surface area (Å²) >= 11 is 0. The van der Waals surface area contributed by atoms with Crippen molar-refractivity contribution >= 4 is 11.9 Å². The minimum absolute atomic E-state index is 0.0644. The number of aromatic nitrogens is 5. The van der Waals surface area contributed by atoms with E-state index in [4.69, 9.17) is 9.72 Å². The number of hydrogen-bond donors (Lipinski definition) is 2. The van der Waals surface area contributed by atoms with Gasteiger partial charge in [-0.1, -0.05) is 0 Å². The van der Waals surface area contributed by atoms with Crippen molar-refractivity contribution in [2.45, 2.75) is 44.2 Å². The summed E-state index contributed by atoms with van der Waals surface area (Å²) in [5, 5.41) is 11.3. The Morgan fingerprint density at radius 1 is 1.24 bits per heavy atom. The maximum atomic E-state index is 5.95. The Bertz CT molecular complexity index is 823. The molecule has 0 aromatic carbocycles. The largest absolute Gasteiger partial charge is 0.373 e. The number of aryl methyl sites for hydroxylation is 1. The molecule has 9 heteroatoms. The zero-order valence-electron chi connectivity index (χ0n) is 17.0. The predicted molar refractivity (Wildman–Crippen MR) is 110 cm³/mol. The van der Waals surface area contributed by atoms with Gasteiger partial charge in [-0.2, -0.15) is 10.1 Å². The molecule has 9 nitrogen and oxygen atoms in total. The molecule has 5 heterocycles. The molecule has 156 valence electrons. The Morgan fingerprint density at radius 2 is 2.14 bits per heavy atom. The van der Waals surface area contributed by atoms with Crippen LogP contribution < -0.4 is 15.5 Å². The Hall–Kier alpha value is -2.26. The van der Waals surface area contributed by atoms with E-state index in [1.54, 1.807) is 6.33 Å². The zero-order chi connectivity index (χ0) is 19.7. The van der Waals surface area contributed by atoms with Crippen LogP contribution in [0.1, 0.15) is 43.8 Å². The van der Waals surface area contributed by atoms with Crippen LogP contribution in [-0.4, -0.2) is 63.6 Å². The van der Waals surface area contributed by atoms with Crippen molar-refractivity contribution in [3.05, 3.63) is 24.3 Å². The lowest BCUT2D eigenvalue weighted by Crippen LogP contribution is -2.42. The topological polar surface area (TPSA) is 93.0 Å². The van der Waals surface area contributed by atoms with Gasteiger partial charge in [-0.05, 0) is 44.1 Å². The number of piperidine rings is 1. The summed E-state index contributed by atoms with van der Waals surface area (Å²) in [6.07, 6.45) is 11.1. The van der Waals surface area contributed by atoms with Crippen molar-refractivity contribution in [2.75, 3.05) is 43.0 Å². The lowest BCUT2D eigenvalue weighted by atomic mass is 9.78. The molecule has 0 saturated carbocycles. The predicted octanol–water partition coefficient (Wildman–Crippen LogP) is 1.52. The minimum Gasteiger partial charge on any atom is -0.373 e. The van der Waals surface area contributed by atoms with Crippen LogP contribution in [0.5, 0.6) is 0 Å². The summed E-state index contributed by atoms with van der Waals surface area (Å²) in [5.41, 5.74) is 1.62. The highest BCUT2D eigenvalue weighted by atomic mass is 16.5. The summed E-state index contributed by atoms with van der Waals surface area (Å²) in [4.78, 5) is 15.9. The van der Waals surface area contributed by atoms with E-state index in [0.29, 0.717) is 11.4 Å².